The maximum absolute atomic E-state index is 11.2. The molecule has 0 radical (unpaired) electrons. The monoisotopic (exact) mass is 224 g/mol. The highest BCUT2D eigenvalue weighted by Gasteiger charge is 2.16. The van der Waals surface area contributed by atoms with Crippen LogP contribution in [0, 0.1) is 0 Å². The summed E-state index contributed by atoms with van der Waals surface area (Å²) >= 11 is 10.9. The number of nitrogens with one attached hydrogen (secondary N) is 2. The first-order valence-corrected chi connectivity index (χ1v) is 5.38. The van der Waals surface area contributed by atoms with Gasteiger partial charge in [0.1, 0.15) is 4.84 Å². The van der Waals surface area contributed by atoms with Crippen LogP contribution in [0.2, 0.25) is 0 Å². The second-order valence-corrected chi connectivity index (χ2v) is 4.50. The van der Waals surface area contributed by atoms with Gasteiger partial charge in [-0.15, -0.1) is 23.2 Å². The first kappa shape index (κ1) is 10.9. The Morgan fingerprint density at radius 3 is 2.54 bits per heavy atom. The van der Waals surface area contributed by atoms with Crippen molar-refractivity contribution in [2.45, 2.75) is 36.6 Å². The van der Waals surface area contributed by atoms with Gasteiger partial charge in [0.25, 0.3) is 0 Å². The number of urea groups is 1. The molecule has 2 N–H and O–H groups in total. The van der Waals surface area contributed by atoms with E-state index in [2.05, 4.69) is 10.6 Å². The van der Waals surface area contributed by atoms with Crippen LogP contribution in [0.5, 0.6) is 0 Å². The van der Waals surface area contributed by atoms with Crippen LogP contribution in [0.25, 0.3) is 0 Å². The molecule has 1 aliphatic rings. The van der Waals surface area contributed by atoms with Crippen LogP contribution in [-0.2, 0) is 0 Å². The lowest BCUT2D eigenvalue weighted by molar-refractivity contribution is 0.237. The zero-order chi connectivity index (χ0) is 9.68. The maximum Gasteiger partial charge on any atom is 0.315 e. The average Bonchev–Trinajstić information content (AvgIpc) is 2.53. The van der Waals surface area contributed by atoms with Gasteiger partial charge in [0.05, 0.1) is 0 Å². The molecule has 1 fully saturated rings. The lowest BCUT2D eigenvalue weighted by Crippen LogP contribution is -2.42. The second-order valence-electron chi connectivity index (χ2n) is 3.23. The van der Waals surface area contributed by atoms with Crippen molar-refractivity contribution in [3.8, 4) is 0 Å². The van der Waals surface area contributed by atoms with Gasteiger partial charge in [0.15, 0.2) is 0 Å². The van der Waals surface area contributed by atoms with Gasteiger partial charge in [-0.25, -0.2) is 4.79 Å². The van der Waals surface area contributed by atoms with Gasteiger partial charge in [0.2, 0.25) is 0 Å². The first-order chi connectivity index (χ1) is 6.18. The highest BCUT2D eigenvalue weighted by molar-refractivity contribution is 6.44. The molecular formula is C8H14Cl2N2O. The third-order valence-corrected chi connectivity index (χ3v) is 2.42. The van der Waals surface area contributed by atoms with Crippen LogP contribution >= 0.6 is 23.2 Å². The quantitative estimate of drug-likeness (QED) is 0.709. The van der Waals surface area contributed by atoms with E-state index in [0.717, 1.165) is 12.8 Å². The predicted octanol–water partition coefficient (Wildman–Crippen LogP) is 2.03. The molecule has 0 saturated heterocycles. The Morgan fingerprint density at radius 1 is 1.38 bits per heavy atom. The predicted molar refractivity (Wildman–Crippen MR) is 54.3 cm³/mol. The zero-order valence-electron chi connectivity index (χ0n) is 7.35. The third kappa shape index (κ3) is 4.58. The normalized spacial score (nSPS) is 17.8. The van der Waals surface area contributed by atoms with E-state index in [1.165, 1.54) is 12.8 Å². The minimum absolute atomic E-state index is 0.168. The number of amides is 2. The smallest absolute Gasteiger partial charge is 0.315 e. The van der Waals surface area contributed by atoms with Gasteiger partial charge in [-0.3, -0.25) is 0 Å². The van der Waals surface area contributed by atoms with E-state index in [4.69, 9.17) is 23.2 Å². The van der Waals surface area contributed by atoms with E-state index in [9.17, 15) is 4.79 Å². The summed E-state index contributed by atoms with van der Waals surface area (Å²) in [5.41, 5.74) is 0. The molecular weight excluding hydrogens is 211 g/mol. The zero-order valence-corrected chi connectivity index (χ0v) is 8.87. The van der Waals surface area contributed by atoms with Crippen LogP contribution < -0.4 is 10.6 Å². The van der Waals surface area contributed by atoms with Crippen molar-refractivity contribution in [2.75, 3.05) is 6.54 Å². The summed E-state index contributed by atoms with van der Waals surface area (Å²) in [5, 5.41) is 5.46. The summed E-state index contributed by atoms with van der Waals surface area (Å²) in [4.78, 5) is 10.6. The largest absolute Gasteiger partial charge is 0.335 e. The average molecular weight is 225 g/mol. The van der Waals surface area contributed by atoms with Crippen molar-refractivity contribution in [1.29, 1.82) is 0 Å². The fourth-order valence-corrected chi connectivity index (χ4v) is 1.63. The van der Waals surface area contributed by atoms with Gasteiger partial charge in [0, 0.05) is 12.6 Å². The molecule has 1 saturated carbocycles. The van der Waals surface area contributed by atoms with Gasteiger partial charge in [-0.2, -0.15) is 0 Å². The molecule has 0 unspecified atom stereocenters. The number of rotatable bonds is 3. The fraction of sp³-hybridized carbons (Fsp3) is 0.875. The van der Waals surface area contributed by atoms with Crippen molar-refractivity contribution >= 4 is 29.2 Å². The highest BCUT2D eigenvalue weighted by Crippen LogP contribution is 2.17. The molecule has 0 bridgehead atoms. The van der Waals surface area contributed by atoms with Crippen LogP contribution in [-0.4, -0.2) is 23.5 Å². The lowest BCUT2D eigenvalue weighted by atomic mass is 10.3. The summed E-state index contributed by atoms with van der Waals surface area (Å²) < 4.78 is 0. The lowest BCUT2D eigenvalue weighted by Gasteiger charge is -2.12. The molecule has 76 valence electrons. The SMILES string of the molecule is O=C(NCC(Cl)Cl)NC1CCCC1. The minimum atomic E-state index is -0.533. The molecule has 13 heavy (non-hydrogen) atoms. The molecule has 0 heterocycles. The van der Waals surface area contributed by atoms with Crippen LogP contribution in [0.4, 0.5) is 4.79 Å². The molecule has 1 rings (SSSR count). The summed E-state index contributed by atoms with van der Waals surface area (Å²) in [7, 11) is 0. The molecule has 3 nitrogen and oxygen atoms in total. The highest BCUT2D eigenvalue weighted by atomic mass is 35.5. The summed E-state index contributed by atoms with van der Waals surface area (Å²) in [6.45, 7) is 0.293. The first-order valence-electron chi connectivity index (χ1n) is 4.51. The molecule has 0 aromatic heterocycles. The maximum atomic E-state index is 11.2. The van der Waals surface area contributed by atoms with Crippen molar-refractivity contribution in [3.63, 3.8) is 0 Å². The molecule has 0 aromatic rings. The number of hydrogen-bond donors (Lipinski definition) is 2. The summed E-state index contributed by atoms with van der Waals surface area (Å²) in [6.07, 6.45) is 4.58. The number of hydrogen-bond acceptors (Lipinski definition) is 1. The van der Waals surface area contributed by atoms with Gasteiger partial charge >= 0.3 is 6.03 Å². The molecule has 0 aromatic carbocycles. The van der Waals surface area contributed by atoms with Gasteiger partial charge in [-0.05, 0) is 12.8 Å². The number of carbonyl (C=O) groups excluding carboxylic acids is 1. The van der Waals surface area contributed by atoms with E-state index in [0.29, 0.717) is 12.6 Å². The van der Waals surface area contributed by atoms with Crippen molar-refractivity contribution < 1.29 is 4.79 Å². The number of alkyl halides is 2. The van der Waals surface area contributed by atoms with Crippen molar-refractivity contribution in [3.05, 3.63) is 0 Å². The van der Waals surface area contributed by atoms with Gasteiger partial charge < -0.3 is 10.6 Å². The van der Waals surface area contributed by atoms with E-state index in [1.54, 1.807) is 0 Å². The minimum Gasteiger partial charge on any atom is -0.335 e. The van der Waals surface area contributed by atoms with E-state index in [-0.39, 0.29) is 6.03 Å². The van der Waals surface area contributed by atoms with Crippen molar-refractivity contribution in [1.82, 2.24) is 10.6 Å². The Balaban J connectivity index is 2.09. The Morgan fingerprint density at radius 2 is 2.00 bits per heavy atom. The summed E-state index contributed by atoms with van der Waals surface area (Å²) in [5.74, 6) is 0. The molecule has 5 heteroatoms. The number of halogens is 2. The third-order valence-electron chi connectivity index (χ3n) is 2.11. The van der Waals surface area contributed by atoms with E-state index in [1.807, 2.05) is 0 Å². The number of carbonyl (C=O) groups is 1. The Labute approximate surface area is 88.2 Å². The molecule has 0 aliphatic heterocycles. The molecule has 0 atom stereocenters. The van der Waals surface area contributed by atoms with Gasteiger partial charge in [-0.1, -0.05) is 12.8 Å². The Hall–Kier alpha value is -0.150. The second kappa shape index (κ2) is 5.55. The molecule has 0 spiro atoms. The van der Waals surface area contributed by atoms with E-state index >= 15 is 0 Å². The molecule has 1 aliphatic carbocycles. The van der Waals surface area contributed by atoms with Crippen LogP contribution in [0.1, 0.15) is 25.7 Å². The van der Waals surface area contributed by atoms with E-state index < -0.39 is 4.84 Å². The van der Waals surface area contributed by atoms with Crippen LogP contribution in [0.3, 0.4) is 0 Å². The van der Waals surface area contributed by atoms with Crippen LogP contribution in [0.15, 0.2) is 0 Å². The Kier molecular flexibility index (Phi) is 4.67. The Bertz CT molecular complexity index is 170. The van der Waals surface area contributed by atoms with Crippen molar-refractivity contribution in [2.24, 2.45) is 0 Å². The standard InChI is InChI=1S/C8H14Cl2N2O/c9-7(10)5-11-8(13)12-6-3-1-2-4-6/h6-7H,1-5H2,(H2,11,12,13). The molecule has 2 amide bonds. The topological polar surface area (TPSA) is 41.1 Å². The summed E-state index contributed by atoms with van der Waals surface area (Å²) in [6, 6.07) is 0.169. The fourth-order valence-electron chi connectivity index (χ4n) is 1.48.